The lowest BCUT2D eigenvalue weighted by Crippen LogP contribution is -2.17. The van der Waals surface area contributed by atoms with Gasteiger partial charge in [0.15, 0.2) is 9.84 Å². The largest absolute Gasteiger partial charge is 0.408 e. The first kappa shape index (κ1) is 22.5. The molecule has 0 amide bonds. The number of sulfone groups is 1. The lowest BCUT2D eigenvalue weighted by Gasteiger charge is -2.11. The molecule has 0 spiro atoms. The standard InChI is InChI=1S/C19H21F3N6O2S/c1-12-8-24-18(25-16-10-28(27-13(16)2)11-19(20,21)22)26-17(12)23-9-14-4-6-15(7-5-14)31(3,29)30/h4-8,10H,9,11H2,1-3H3,(H2,23,24,25,26). The minimum atomic E-state index is -4.37. The summed E-state index contributed by atoms with van der Waals surface area (Å²) < 4.78 is 61.6. The summed E-state index contributed by atoms with van der Waals surface area (Å²) in [6.07, 6.45) is -0.386. The Balaban J connectivity index is 1.71. The van der Waals surface area contributed by atoms with Crippen LogP contribution in [-0.2, 0) is 22.9 Å². The van der Waals surface area contributed by atoms with E-state index in [9.17, 15) is 21.6 Å². The van der Waals surface area contributed by atoms with E-state index < -0.39 is 22.6 Å². The number of anilines is 3. The molecular formula is C19H21F3N6O2S. The number of alkyl halides is 3. The highest BCUT2D eigenvalue weighted by molar-refractivity contribution is 7.90. The van der Waals surface area contributed by atoms with Crippen LogP contribution in [0.4, 0.5) is 30.6 Å². The SMILES string of the molecule is Cc1cnc(Nc2cn(CC(F)(F)F)nc2C)nc1NCc1ccc(S(C)(=O)=O)cc1. The molecule has 0 atom stereocenters. The Hall–Kier alpha value is -3.15. The van der Waals surface area contributed by atoms with Gasteiger partial charge in [-0.15, -0.1) is 0 Å². The van der Waals surface area contributed by atoms with Crippen molar-refractivity contribution in [3.63, 3.8) is 0 Å². The topological polar surface area (TPSA) is 102 Å². The van der Waals surface area contributed by atoms with Crippen molar-refractivity contribution in [3.8, 4) is 0 Å². The van der Waals surface area contributed by atoms with E-state index in [0.717, 1.165) is 22.1 Å². The van der Waals surface area contributed by atoms with Crippen LogP contribution in [0.15, 0.2) is 41.6 Å². The minimum Gasteiger partial charge on any atom is -0.366 e. The average Bonchev–Trinajstić information content (AvgIpc) is 2.98. The van der Waals surface area contributed by atoms with Crippen molar-refractivity contribution in [2.75, 3.05) is 16.9 Å². The molecule has 0 unspecified atom stereocenters. The van der Waals surface area contributed by atoms with Crippen molar-refractivity contribution in [1.82, 2.24) is 19.7 Å². The molecule has 8 nitrogen and oxygen atoms in total. The van der Waals surface area contributed by atoms with Gasteiger partial charge in [0.25, 0.3) is 0 Å². The number of hydrogen-bond acceptors (Lipinski definition) is 7. The summed E-state index contributed by atoms with van der Waals surface area (Å²) in [5.41, 5.74) is 2.37. The van der Waals surface area contributed by atoms with Crippen molar-refractivity contribution in [2.24, 2.45) is 0 Å². The summed E-state index contributed by atoms with van der Waals surface area (Å²) in [5.74, 6) is 0.736. The lowest BCUT2D eigenvalue weighted by molar-refractivity contribution is -0.142. The lowest BCUT2D eigenvalue weighted by atomic mass is 10.2. The van der Waals surface area contributed by atoms with Crippen LogP contribution < -0.4 is 10.6 Å². The molecule has 0 bridgehead atoms. The fraction of sp³-hybridized carbons (Fsp3) is 0.316. The molecule has 31 heavy (non-hydrogen) atoms. The summed E-state index contributed by atoms with van der Waals surface area (Å²) in [4.78, 5) is 8.78. The van der Waals surface area contributed by atoms with Gasteiger partial charge >= 0.3 is 6.18 Å². The smallest absolute Gasteiger partial charge is 0.366 e. The molecule has 12 heteroatoms. The zero-order valence-electron chi connectivity index (χ0n) is 17.0. The summed E-state index contributed by atoms with van der Waals surface area (Å²) >= 11 is 0. The summed E-state index contributed by atoms with van der Waals surface area (Å²) in [7, 11) is -3.26. The molecule has 0 aliphatic rings. The number of aryl methyl sites for hydroxylation is 2. The van der Waals surface area contributed by atoms with Crippen LogP contribution >= 0.6 is 0 Å². The molecular weight excluding hydrogens is 433 g/mol. The minimum absolute atomic E-state index is 0.204. The van der Waals surface area contributed by atoms with Gasteiger partial charge < -0.3 is 10.6 Å². The van der Waals surface area contributed by atoms with Crippen LogP contribution in [0.5, 0.6) is 0 Å². The number of nitrogens with zero attached hydrogens (tertiary/aromatic N) is 4. The maximum Gasteiger partial charge on any atom is 0.408 e. The van der Waals surface area contributed by atoms with Gasteiger partial charge in [-0.25, -0.2) is 13.4 Å². The van der Waals surface area contributed by atoms with Gasteiger partial charge in [-0.2, -0.15) is 23.3 Å². The normalized spacial score (nSPS) is 12.1. The number of nitrogens with one attached hydrogen (secondary N) is 2. The molecule has 3 aromatic rings. The van der Waals surface area contributed by atoms with E-state index >= 15 is 0 Å². The van der Waals surface area contributed by atoms with Crippen LogP contribution in [-0.4, -0.2) is 40.6 Å². The Morgan fingerprint density at radius 1 is 1.13 bits per heavy atom. The zero-order valence-corrected chi connectivity index (χ0v) is 17.8. The van der Waals surface area contributed by atoms with Crippen LogP contribution in [0.2, 0.25) is 0 Å². The highest BCUT2D eigenvalue weighted by Gasteiger charge is 2.28. The Morgan fingerprint density at radius 2 is 1.81 bits per heavy atom. The molecule has 0 fully saturated rings. The Bertz CT molecular complexity index is 1170. The highest BCUT2D eigenvalue weighted by Crippen LogP contribution is 2.23. The maximum absolute atomic E-state index is 12.6. The van der Waals surface area contributed by atoms with Crippen LogP contribution in [0.1, 0.15) is 16.8 Å². The fourth-order valence-corrected chi connectivity index (χ4v) is 3.38. The van der Waals surface area contributed by atoms with Gasteiger partial charge in [0.2, 0.25) is 5.95 Å². The Morgan fingerprint density at radius 3 is 2.42 bits per heavy atom. The molecule has 0 aliphatic heterocycles. The van der Waals surface area contributed by atoms with Gasteiger partial charge in [-0.3, -0.25) is 4.68 Å². The van der Waals surface area contributed by atoms with E-state index in [1.54, 1.807) is 25.3 Å². The molecule has 0 aliphatic carbocycles. The van der Waals surface area contributed by atoms with Gasteiger partial charge in [0.1, 0.15) is 12.4 Å². The molecule has 0 saturated heterocycles. The monoisotopic (exact) mass is 454 g/mol. The van der Waals surface area contributed by atoms with Crippen LogP contribution in [0, 0.1) is 13.8 Å². The number of benzene rings is 1. The third kappa shape index (κ3) is 6.17. The van der Waals surface area contributed by atoms with E-state index in [4.69, 9.17) is 0 Å². The summed E-state index contributed by atoms with van der Waals surface area (Å²) in [6.45, 7) is 2.60. The average molecular weight is 454 g/mol. The van der Waals surface area contributed by atoms with E-state index in [1.807, 2.05) is 6.92 Å². The number of rotatable bonds is 7. The van der Waals surface area contributed by atoms with Crippen LogP contribution in [0.25, 0.3) is 0 Å². The van der Waals surface area contributed by atoms with Crippen molar-refractivity contribution in [3.05, 3.63) is 53.5 Å². The van der Waals surface area contributed by atoms with Crippen molar-refractivity contribution in [2.45, 2.75) is 38.0 Å². The number of aromatic nitrogens is 4. The first-order chi connectivity index (χ1) is 14.4. The zero-order chi connectivity index (χ0) is 22.8. The second kappa shape index (κ2) is 8.53. The third-order valence-corrected chi connectivity index (χ3v) is 5.45. The van der Waals surface area contributed by atoms with E-state index in [2.05, 4.69) is 25.7 Å². The first-order valence-electron chi connectivity index (χ1n) is 9.15. The second-order valence-electron chi connectivity index (χ2n) is 7.06. The molecule has 2 heterocycles. The van der Waals surface area contributed by atoms with Gasteiger partial charge in [0, 0.05) is 30.8 Å². The third-order valence-electron chi connectivity index (χ3n) is 4.32. The quantitative estimate of drug-likeness (QED) is 0.562. The maximum atomic E-state index is 12.6. The van der Waals surface area contributed by atoms with Crippen molar-refractivity contribution < 1.29 is 21.6 Å². The molecule has 2 aromatic heterocycles. The fourth-order valence-electron chi connectivity index (χ4n) is 2.75. The molecule has 3 rings (SSSR count). The molecule has 0 saturated carbocycles. The van der Waals surface area contributed by atoms with Crippen LogP contribution in [0.3, 0.4) is 0 Å². The van der Waals surface area contributed by atoms with Gasteiger partial charge in [-0.1, -0.05) is 12.1 Å². The number of hydrogen-bond donors (Lipinski definition) is 2. The molecule has 166 valence electrons. The molecule has 2 N–H and O–H groups in total. The van der Waals surface area contributed by atoms with Gasteiger partial charge in [0.05, 0.1) is 16.3 Å². The Kier molecular flexibility index (Phi) is 6.20. The van der Waals surface area contributed by atoms with E-state index in [0.29, 0.717) is 23.7 Å². The first-order valence-corrected chi connectivity index (χ1v) is 11.0. The van der Waals surface area contributed by atoms with Crippen molar-refractivity contribution in [1.29, 1.82) is 0 Å². The van der Waals surface area contributed by atoms with Crippen molar-refractivity contribution >= 4 is 27.3 Å². The summed E-state index contributed by atoms with van der Waals surface area (Å²) in [6, 6.07) is 6.48. The van der Waals surface area contributed by atoms with E-state index in [-0.39, 0.29) is 10.8 Å². The highest BCUT2D eigenvalue weighted by atomic mass is 32.2. The number of halogens is 3. The predicted molar refractivity (Wildman–Crippen MR) is 110 cm³/mol. The molecule has 0 radical (unpaired) electrons. The summed E-state index contributed by atoms with van der Waals surface area (Å²) in [5, 5.41) is 9.90. The predicted octanol–water partition coefficient (Wildman–Crippen LogP) is 3.61. The Labute approximate surface area is 177 Å². The molecule has 1 aromatic carbocycles. The van der Waals surface area contributed by atoms with E-state index in [1.165, 1.54) is 18.3 Å². The van der Waals surface area contributed by atoms with Gasteiger partial charge in [-0.05, 0) is 31.5 Å². The second-order valence-corrected chi connectivity index (χ2v) is 9.08.